The highest BCUT2D eigenvalue weighted by Gasteiger charge is 2.32. The molecule has 0 radical (unpaired) electrons. The molecule has 27 heavy (non-hydrogen) atoms. The monoisotopic (exact) mass is 386 g/mol. The molecule has 1 aliphatic heterocycles. The molecule has 5 nitrogen and oxygen atoms in total. The lowest BCUT2D eigenvalue weighted by atomic mass is 9.92. The molecule has 0 bridgehead atoms. The van der Waals surface area contributed by atoms with Crippen LogP contribution in [0.1, 0.15) is 55.3 Å². The average molecular weight is 387 g/mol. The Morgan fingerprint density at radius 3 is 2.70 bits per heavy atom. The molecular formula is C21H30N4OS. The fourth-order valence-corrected chi connectivity index (χ4v) is 5.42. The summed E-state index contributed by atoms with van der Waals surface area (Å²) >= 11 is 1.78. The van der Waals surface area contributed by atoms with Crippen LogP contribution in [0.3, 0.4) is 0 Å². The van der Waals surface area contributed by atoms with Crippen molar-refractivity contribution >= 4 is 17.2 Å². The molecule has 146 valence electrons. The summed E-state index contributed by atoms with van der Waals surface area (Å²) < 4.78 is 2.08. The minimum absolute atomic E-state index is 0.145. The summed E-state index contributed by atoms with van der Waals surface area (Å²) in [5.41, 5.74) is 0. The van der Waals surface area contributed by atoms with Gasteiger partial charge in [0.05, 0.1) is 12.6 Å². The maximum absolute atomic E-state index is 13.0. The number of amides is 1. The molecule has 2 aromatic rings. The smallest absolute Gasteiger partial charge is 0.223 e. The van der Waals surface area contributed by atoms with Gasteiger partial charge in [0, 0.05) is 30.2 Å². The van der Waals surface area contributed by atoms with Crippen molar-refractivity contribution in [3.05, 3.63) is 40.6 Å². The van der Waals surface area contributed by atoms with E-state index in [0.29, 0.717) is 5.92 Å². The fourth-order valence-electron chi connectivity index (χ4n) is 4.55. The molecule has 1 N–H and O–H groups in total. The van der Waals surface area contributed by atoms with Gasteiger partial charge in [-0.25, -0.2) is 4.98 Å². The molecule has 1 amide bonds. The first kappa shape index (κ1) is 18.7. The van der Waals surface area contributed by atoms with Crippen molar-refractivity contribution in [1.82, 2.24) is 19.8 Å². The Balaban J connectivity index is 1.32. The van der Waals surface area contributed by atoms with Gasteiger partial charge in [0.2, 0.25) is 5.91 Å². The lowest BCUT2D eigenvalue weighted by molar-refractivity contribution is -0.127. The molecule has 4 rings (SSSR count). The van der Waals surface area contributed by atoms with Crippen molar-refractivity contribution in [2.24, 2.45) is 18.9 Å². The summed E-state index contributed by atoms with van der Waals surface area (Å²) in [6.45, 7) is 2.81. The number of imidazole rings is 1. The van der Waals surface area contributed by atoms with Crippen LogP contribution >= 0.6 is 11.3 Å². The summed E-state index contributed by atoms with van der Waals surface area (Å²) in [5, 5.41) is 5.56. The van der Waals surface area contributed by atoms with Gasteiger partial charge in [0.15, 0.2) is 0 Å². The predicted molar refractivity (Wildman–Crippen MR) is 108 cm³/mol. The first-order valence-electron chi connectivity index (χ1n) is 10.2. The first-order chi connectivity index (χ1) is 13.2. The molecule has 2 fully saturated rings. The third kappa shape index (κ3) is 4.43. The third-order valence-electron chi connectivity index (χ3n) is 6.26. The van der Waals surface area contributed by atoms with Crippen molar-refractivity contribution in [2.45, 2.75) is 51.1 Å². The maximum atomic E-state index is 13.0. The lowest BCUT2D eigenvalue weighted by Crippen LogP contribution is -2.42. The summed E-state index contributed by atoms with van der Waals surface area (Å²) in [5.74, 6) is 2.11. The van der Waals surface area contributed by atoms with E-state index >= 15 is 0 Å². The molecule has 1 unspecified atom stereocenters. The van der Waals surface area contributed by atoms with Crippen LogP contribution < -0.4 is 5.32 Å². The van der Waals surface area contributed by atoms with E-state index in [1.54, 1.807) is 11.3 Å². The molecule has 2 aromatic heterocycles. The molecule has 0 spiro atoms. The Morgan fingerprint density at radius 2 is 2.07 bits per heavy atom. The van der Waals surface area contributed by atoms with Gasteiger partial charge in [-0.05, 0) is 56.1 Å². The number of hydrogen-bond donors (Lipinski definition) is 1. The van der Waals surface area contributed by atoms with Gasteiger partial charge < -0.3 is 9.88 Å². The predicted octanol–water partition coefficient (Wildman–Crippen LogP) is 3.74. The van der Waals surface area contributed by atoms with Crippen LogP contribution in [0.4, 0.5) is 0 Å². The van der Waals surface area contributed by atoms with E-state index in [0.717, 1.165) is 38.3 Å². The summed E-state index contributed by atoms with van der Waals surface area (Å²) in [6, 6.07) is 4.50. The highest BCUT2D eigenvalue weighted by atomic mass is 32.1. The minimum atomic E-state index is 0.145. The van der Waals surface area contributed by atoms with Gasteiger partial charge in [0.1, 0.15) is 5.82 Å². The van der Waals surface area contributed by atoms with Crippen molar-refractivity contribution in [3.63, 3.8) is 0 Å². The largest absolute Gasteiger partial charge is 0.348 e. The van der Waals surface area contributed by atoms with Crippen LogP contribution in [-0.2, 0) is 18.4 Å². The van der Waals surface area contributed by atoms with Crippen molar-refractivity contribution in [1.29, 1.82) is 0 Å². The molecule has 2 aliphatic rings. The molecular weight excluding hydrogens is 356 g/mol. The summed E-state index contributed by atoms with van der Waals surface area (Å²) in [4.78, 5) is 21.2. The van der Waals surface area contributed by atoms with Crippen molar-refractivity contribution in [3.8, 4) is 0 Å². The number of piperidine rings is 1. The van der Waals surface area contributed by atoms with Crippen LogP contribution in [0, 0.1) is 11.8 Å². The Labute approximate surface area is 165 Å². The van der Waals surface area contributed by atoms with Crippen LogP contribution in [0.2, 0.25) is 0 Å². The van der Waals surface area contributed by atoms with Gasteiger partial charge in [-0.2, -0.15) is 0 Å². The molecule has 0 aromatic carbocycles. The van der Waals surface area contributed by atoms with E-state index in [4.69, 9.17) is 0 Å². The maximum Gasteiger partial charge on any atom is 0.223 e. The van der Waals surface area contributed by atoms with Gasteiger partial charge in [0.25, 0.3) is 0 Å². The van der Waals surface area contributed by atoms with Crippen LogP contribution in [0.5, 0.6) is 0 Å². The van der Waals surface area contributed by atoms with Gasteiger partial charge in [-0.15, -0.1) is 11.3 Å². The number of carbonyl (C=O) groups excluding carboxylic acids is 1. The van der Waals surface area contributed by atoms with Gasteiger partial charge >= 0.3 is 0 Å². The SMILES string of the molecule is Cn1ccnc1CN1CCC(C(=O)NC(c2cccs2)C2CCCC2)CC1. The zero-order valence-corrected chi connectivity index (χ0v) is 17.0. The third-order valence-corrected chi connectivity index (χ3v) is 7.22. The fraction of sp³-hybridized carbons (Fsp3) is 0.619. The Morgan fingerprint density at radius 1 is 1.30 bits per heavy atom. The average Bonchev–Trinajstić information content (AvgIpc) is 3.44. The lowest BCUT2D eigenvalue weighted by Gasteiger charge is -2.32. The molecule has 6 heteroatoms. The molecule has 1 atom stereocenters. The number of nitrogens with zero attached hydrogens (tertiary/aromatic N) is 3. The van der Waals surface area contributed by atoms with Crippen molar-refractivity contribution < 1.29 is 4.79 Å². The van der Waals surface area contributed by atoms with E-state index in [1.807, 2.05) is 19.4 Å². The summed E-state index contributed by atoms with van der Waals surface area (Å²) in [6.07, 6.45) is 10.8. The molecule has 1 aliphatic carbocycles. The highest BCUT2D eigenvalue weighted by molar-refractivity contribution is 7.10. The minimum Gasteiger partial charge on any atom is -0.348 e. The second kappa shape index (κ2) is 8.57. The quantitative estimate of drug-likeness (QED) is 0.823. The normalized spacial score (nSPS) is 20.8. The Bertz CT molecular complexity index is 727. The second-order valence-electron chi connectivity index (χ2n) is 8.05. The Hall–Kier alpha value is -1.66. The zero-order chi connectivity index (χ0) is 18.6. The van der Waals surface area contributed by atoms with E-state index in [1.165, 1.54) is 30.6 Å². The molecule has 1 saturated carbocycles. The van der Waals surface area contributed by atoms with E-state index in [9.17, 15) is 4.79 Å². The van der Waals surface area contributed by atoms with Gasteiger partial charge in [-0.1, -0.05) is 18.9 Å². The number of thiophene rings is 1. The molecule has 1 saturated heterocycles. The van der Waals surface area contributed by atoms with Crippen LogP contribution in [0.25, 0.3) is 0 Å². The number of hydrogen-bond acceptors (Lipinski definition) is 4. The zero-order valence-electron chi connectivity index (χ0n) is 16.1. The van der Waals surface area contributed by atoms with Crippen LogP contribution in [0.15, 0.2) is 29.9 Å². The number of rotatable bonds is 6. The highest BCUT2D eigenvalue weighted by Crippen LogP contribution is 2.37. The first-order valence-corrected chi connectivity index (χ1v) is 11.1. The number of nitrogens with one attached hydrogen (secondary N) is 1. The van der Waals surface area contributed by atoms with Crippen molar-refractivity contribution in [2.75, 3.05) is 13.1 Å². The second-order valence-corrected chi connectivity index (χ2v) is 9.03. The molecule has 3 heterocycles. The van der Waals surface area contributed by atoms with Gasteiger partial charge in [-0.3, -0.25) is 9.69 Å². The number of likely N-dealkylation sites (tertiary alicyclic amines) is 1. The topological polar surface area (TPSA) is 50.2 Å². The van der Waals surface area contributed by atoms with E-state index in [2.05, 4.69) is 37.3 Å². The number of aromatic nitrogens is 2. The van der Waals surface area contributed by atoms with E-state index < -0.39 is 0 Å². The Kier molecular flexibility index (Phi) is 5.93. The summed E-state index contributed by atoms with van der Waals surface area (Å²) in [7, 11) is 2.04. The van der Waals surface area contributed by atoms with E-state index in [-0.39, 0.29) is 17.9 Å². The number of carbonyl (C=O) groups is 1. The standard InChI is InChI=1S/C21H30N4OS/c1-24-13-10-22-19(24)15-25-11-8-17(9-12-25)21(26)23-20(16-5-2-3-6-16)18-7-4-14-27-18/h4,7,10,13-14,16-17,20H,2-3,5-6,8-9,11-12,15H2,1H3,(H,23,26). The van der Waals surface area contributed by atoms with Crippen LogP contribution in [-0.4, -0.2) is 33.4 Å². The number of aryl methyl sites for hydroxylation is 1.